The molecule has 2 aliphatic rings. The molecule has 0 aromatic heterocycles. The molecule has 1 aromatic carbocycles. The second-order valence-corrected chi connectivity index (χ2v) is 8.57. The molecule has 1 N–H and O–H groups in total. The van der Waals surface area contributed by atoms with Crippen LogP contribution in [0.2, 0.25) is 0 Å². The van der Waals surface area contributed by atoms with Crippen molar-refractivity contribution >= 4 is 41.7 Å². The molecule has 28 heavy (non-hydrogen) atoms. The second-order valence-electron chi connectivity index (χ2n) is 7.29. The zero-order chi connectivity index (χ0) is 19.3. The summed E-state index contributed by atoms with van der Waals surface area (Å²) in [6.07, 6.45) is 4.26. The number of ether oxygens (including phenoxy) is 2. The van der Waals surface area contributed by atoms with E-state index < -0.39 is 0 Å². The zero-order valence-corrected chi connectivity index (χ0v) is 20.0. The lowest BCUT2D eigenvalue weighted by Crippen LogP contribution is -2.53. The number of rotatable bonds is 4. The van der Waals surface area contributed by atoms with Crippen LogP contribution in [0, 0.1) is 5.82 Å². The van der Waals surface area contributed by atoms with Gasteiger partial charge in [-0.25, -0.2) is 4.39 Å². The van der Waals surface area contributed by atoms with Crippen LogP contribution >= 0.6 is 35.7 Å². The van der Waals surface area contributed by atoms with Crippen LogP contribution in [0.3, 0.4) is 0 Å². The Morgan fingerprint density at radius 1 is 1.29 bits per heavy atom. The summed E-state index contributed by atoms with van der Waals surface area (Å²) >= 11 is 1.92. The van der Waals surface area contributed by atoms with E-state index in [0.717, 1.165) is 50.7 Å². The molecule has 2 atom stereocenters. The first kappa shape index (κ1) is 23.7. The van der Waals surface area contributed by atoms with Gasteiger partial charge >= 0.3 is 0 Å². The highest BCUT2D eigenvalue weighted by Crippen LogP contribution is 2.33. The molecule has 158 valence electrons. The van der Waals surface area contributed by atoms with Crippen molar-refractivity contribution in [3.05, 3.63) is 35.6 Å². The second kappa shape index (κ2) is 11.0. The van der Waals surface area contributed by atoms with Crippen LogP contribution in [0.25, 0.3) is 0 Å². The smallest absolute Gasteiger partial charge is 0.193 e. The lowest BCUT2D eigenvalue weighted by atomic mass is 9.99. The Morgan fingerprint density at radius 3 is 2.57 bits per heavy atom. The summed E-state index contributed by atoms with van der Waals surface area (Å²) in [5.41, 5.74) is 0.994. The van der Waals surface area contributed by atoms with Crippen molar-refractivity contribution in [2.24, 2.45) is 4.99 Å². The van der Waals surface area contributed by atoms with Gasteiger partial charge in [-0.05, 0) is 43.7 Å². The highest BCUT2D eigenvalue weighted by molar-refractivity contribution is 14.0. The predicted molar refractivity (Wildman–Crippen MR) is 124 cm³/mol. The van der Waals surface area contributed by atoms with Gasteiger partial charge in [-0.3, -0.25) is 4.99 Å². The molecule has 2 fully saturated rings. The lowest BCUT2D eigenvalue weighted by Gasteiger charge is -2.41. The summed E-state index contributed by atoms with van der Waals surface area (Å²) in [5.74, 6) is 0.674. The highest BCUT2D eigenvalue weighted by Gasteiger charge is 2.33. The molecule has 0 amide bonds. The highest BCUT2D eigenvalue weighted by atomic mass is 127. The number of nitrogens with zero attached hydrogens (tertiary/aromatic N) is 2. The Kier molecular flexibility index (Phi) is 9.30. The molecule has 2 unspecified atom stereocenters. The Balaban J connectivity index is 0.00000280. The van der Waals surface area contributed by atoms with Crippen LogP contribution in [-0.4, -0.2) is 67.9 Å². The van der Waals surface area contributed by atoms with Crippen molar-refractivity contribution in [3.63, 3.8) is 0 Å². The van der Waals surface area contributed by atoms with Gasteiger partial charge in [0.15, 0.2) is 5.96 Å². The molecule has 3 rings (SSSR count). The average molecular weight is 523 g/mol. The van der Waals surface area contributed by atoms with E-state index in [1.165, 1.54) is 12.1 Å². The minimum Gasteiger partial charge on any atom is -0.381 e. The summed E-state index contributed by atoms with van der Waals surface area (Å²) in [7, 11) is 1.82. The molecule has 0 spiro atoms. The van der Waals surface area contributed by atoms with E-state index in [1.54, 1.807) is 12.1 Å². The topological polar surface area (TPSA) is 46.1 Å². The quantitative estimate of drug-likeness (QED) is 0.371. The van der Waals surface area contributed by atoms with Gasteiger partial charge in [-0.2, -0.15) is 11.8 Å². The molecule has 5 nitrogen and oxygen atoms in total. The van der Waals surface area contributed by atoms with Crippen molar-refractivity contribution in [1.82, 2.24) is 10.2 Å². The fourth-order valence-corrected chi connectivity index (χ4v) is 4.55. The van der Waals surface area contributed by atoms with Crippen molar-refractivity contribution in [2.75, 3.05) is 46.2 Å². The number of aliphatic imine (C=N–C) groups is 1. The Labute approximate surface area is 188 Å². The largest absolute Gasteiger partial charge is 0.381 e. The van der Waals surface area contributed by atoms with E-state index in [2.05, 4.69) is 28.4 Å². The van der Waals surface area contributed by atoms with E-state index in [-0.39, 0.29) is 46.7 Å². The van der Waals surface area contributed by atoms with Crippen LogP contribution in [0.4, 0.5) is 4.39 Å². The maximum atomic E-state index is 13.2. The minimum atomic E-state index is -0.226. The Bertz CT molecular complexity index is 641. The third-order valence-electron chi connectivity index (χ3n) is 5.42. The standard InChI is InChI=1S/C20H30FN3O2S.HI/c1-15-12-24(13-18(26-15)16-4-6-17(21)7-5-16)19(22-2)23-14-20(27-3)8-10-25-11-9-20;/h4-7,15,18H,8-14H2,1-3H3,(H,22,23);1H. The Morgan fingerprint density at radius 2 is 1.96 bits per heavy atom. The van der Waals surface area contributed by atoms with Crippen LogP contribution in [0.15, 0.2) is 29.3 Å². The molecule has 0 saturated carbocycles. The molecule has 2 aliphatic heterocycles. The number of thioether (sulfide) groups is 1. The van der Waals surface area contributed by atoms with E-state index in [9.17, 15) is 4.39 Å². The number of hydrogen-bond acceptors (Lipinski definition) is 4. The normalized spacial score (nSPS) is 25.1. The molecule has 2 heterocycles. The SMILES string of the molecule is CN=C(NCC1(SC)CCOCC1)N1CC(C)OC(c2ccc(F)cc2)C1.I. The number of morpholine rings is 1. The van der Waals surface area contributed by atoms with Crippen LogP contribution in [-0.2, 0) is 9.47 Å². The number of halogens is 2. The minimum absolute atomic E-state index is 0. The molecular formula is C20H31FIN3O2S. The average Bonchev–Trinajstić information content (AvgIpc) is 2.69. The van der Waals surface area contributed by atoms with Gasteiger partial charge in [0.1, 0.15) is 11.9 Å². The van der Waals surface area contributed by atoms with Crippen molar-refractivity contribution < 1.29 is 13.9 Å². The van der Waals surface area contributed by atoms with E-state index >= 15 is 0 Å². The van der Waals surface area contributed by atoms with Gasteiger partial charge in [-0.15, -0.1) is 24.0 Å². The number of guanidine groups is 1. The van der Waals surface area contributed by atoms with E-state index in [1.807, 2.05) is 18.8 Å². The summed E-state index contributed by atoms with van der Waals surface area (Å²) < 4.78 is 25.1. The number of nitrogens with one attached hydrogen (secondary N) is 1. The van der Waals surface area contributed by atoms with Gasteiger partial charge in [0.05, 0.1) is 12.6 Å². The Hall–Kier alpha value is -0.580. The van der Waals surface area contributed by atoms with Gasteiger partial charge in [0, 0.05) is 38.1 Å². The molecule has 0 bridgehead atoms. The number of benzene rings is 1. The summed E-state index contributed by atoms with van der Waals surface area (Å²) in [4.78, 5) is 6.76. The van der Waals surface area contributed by atoms with Crippen LogP contribution in [0.5, 0.6) is 0 Å². The first-order chi connectivity index (χ1) is 13.0. The fourth-order valence-electron chi connectivity index (χ4n) is 3.75. The first-order valence-electron chi connectivity index (χ1n) is 9.55. The van der Waals surface area contributed by atoms with Gasteiger partial charge in [0.2, 0.25) is 0 Å². The maximum Gasteiger partial charge on any atom is 0.193 e. The lowest BCUT2D eigenvalue weighted by molar-refractivity contribution is -0.0605. The van der Waals surface area contributed by atoms with Crippen LogP contribution < -0.4 is 5.32 Å². The van der Waals surface area contributed by atoms with E-state index in [0.29, 0.717) is 6.54 Å². The molecular weight excluding hydrogens is 492 g/mol. The van der Waals surface area contributed by atoms with Crippen molar-refractivity contribution in [1.29, 1.82) is 0 Å². The molecule has 1 aromatic rings. The van der Waals surface area contributed by atoms with Crippen molar-refractivity contribution in [3.8, 4) is 0 Å². The van der Waals surface area contributed by atoms with Crippen molar-refractivity contribution in [2.45, 2.75) is 36.7 Å². The summed E-state index contributed by atoms with van der Waals surface area (Å²) in [6.45, 7) is 6.07. The van der Waals surface area contributed by atoms with Gasteiger partial charge < -0.3 is 19.7 Å². The third kappa shape index (κ3) is 5.96. The summed E-state index contributed by atoms with van der Waals surface area (Å²) in [6, 6.07) is 6.58. The molecule has 0 radical (unpaired) electrons. The zero-order valence-electron chi connectivity index (χ0n) is 16.8. The van der Waals surface area contributed by atoms with Crippen LogP contribution in [0.1, 0.15) is 31.4 Å². The first-order valence-corrected chi connectivity index (χ1v) is 10.8. The molecule has 2 saturated heterocycles. The van der Waals surface area contributed by atoms with E-state index in [4.69, 9.17) is 9.47 Å². The maximum absolute atomic E-state index is 13.2. The fraction of sp³-hybridized carbons (Fsp3) is 0.650. The number of hydrogen-bond donors (Lipinski definition) is 1. The molecule has 0 aliphatic carbocycles. The van der Waals surface area contributed by atoms with Gasteiger partial charge in [0.25, 0.3) is 0 Å². The third-order valence-corrected chi connectivity index (χ3v) is 6.84. The summed E-state index contributed by atoms with van der Waals surface area (Å²) in [5, 5.41) is 3.59. The van der Waals surface area contributed by atoms with Gasteiger partial charge in [-0.1, -0.05) is 12.1 Å². The molecule has 8 heteroatoms. The predicted octanol–water partition coefficient (Wildman–Crippen LogP) is 3.69. The monoisotopic (exact) mass is 523 g/mol.